The Morgan fingerprint density at radius 3 is 2.57 bits per heavy atom. The third-order valence-electron chi connectivity index (χ3n) is 3.94. The standard InChI is InChI=1S/C21H15ClN4OS/c22-16-4-1-3-15(11-16)20(27)24-17-5-2-6-18(12-17)25-21-26-19(13-28-21)14-7-9-23-10-8-14/h1-13H,(H,24,27)(H,25,26). The van der Waals surface area contributed by atoms with Crippen LogP contribution in [-0.4, -0.2) is 15.9 Å². The fourth-order valence-corrected chi connectivity index (χ4v) is 3.55. The van der Waals surface area contributed by atoms with Crippen molar-refractivity contribution in [2.45, 2.75) is 0 Å². The fraction of sp³-hybridized carbons (Fsp3) is 0. The first kappa shape index (κ1) is 18.2. The first-order valence-corrected chi connectivity index (χ1v) is 9.73. The molecule has 7 heteroatoms. The molecule has 0 radical (unpaired) electrons. The molecule has 0 aliphatic carbocycles. The Hall–Kier alpha value is -3.22. The summed E-state index contributed by atoms with van der Waals surface area (Å²) < 4.78 is 0. The zero-order valence-corrected chi connectivity index (χ0v) is 16.2. The van der Waals surface area contributed by atoms with E-state index in [0.717, 1.165) is 22.1 Å². The molecule has 2 aromatic carbocycles. The van der Waals surface area contributed by atoms with Crippen molar-refractivity contribution in [2.24, 2.45) is 0 Å². The van der Waals surface area contributed by atoms with Crippen molar-refractivity contribution in [3.63, 3.8) is 0 Å². The van der Waals surface area contributed by atoms with Crippen LogP contribution in [0.1, 0.15) is 10.4 Å². The van der Waals surface area contributed by atoms with Crippen molar-refractivity contribution < 1.29 is 4.79 Å². The number of pyridine rings is 1. The molecule has 0 atom stereocenters. The van der Waals surface area contributed by atoms with Crippen molar-refractivity contribution in [3.05, 3.63) is 89.0 Å². The molecule has 4 rings (SSSR count). The number of rotatable bonds is 5. The maximum atomic E-state index is 12.4. The van der Waals surface area contributed by atoms with E-state index in [-0.39, 0.29) is 5.91 Å². The highest BCUT2D eigenvalue weighted by Gasteiger charge is 2.08. The van der Waals surface area contributed by atoms with Crippen molar-refractivity contribution in [1.29, 1.82) is 0 Å². The molecule has 0 aliphatic heterocycles. The van der Waals surface area contributed by atoms with Gasteiger partial charge in [-0.1, -0.05) is 23.7 Å². The molecule has 28 heavy (non-hydrogen) atoms. The van der Waals surface area contributed by atoms with Gasteiger partial charge in [-0.05, 0) is 48.5 Å². The van der Waals surface area contributed by atoms with Crippen LogP contribution >= 0.6 is 22.9 Å². The van der Waals surface area contributed by atoms with Gasteiger partial charge in [0.25, 0.3) is 5.91 Å². The summed E-state index contributed by atoms with van der Waals surface area (Å²) in [5, 5.41) is 9.44. The van der Waals surface area contributed by atoms with Crippen LogP contribution in [-0.2, 0) is 0 Å². The number of carbonyl (C=O) groups excluding carboxylic acids is 1. The molecule has 0 spiro atoms. The second-order valence-corrected chi connectivity index (χ2v) is 7.24. The summed E-state index contributed by atoms with van der Waals surface area (Å²) >= 11 is 7.47. The molecule has 5 nitrogen and oxygen atoms in total. The van der Waals surface area contributed by atoms with Crippen molar-refractivity contribution in [3.8, 4) is 11.3 Å². The van der Waals surface area contributed by atoms with Gasteiger partial charge in [-0.3, -0.25) is 9.78 Å². The molecule has 0 saturated heterocycles. The lowest BCUT2D eigenvalue weighted by atomic mass is 10.2. The number of carbonyl (C=O) groups is 1. The first-order chi connectivity index (χ1) is 13.7. The Kier molecular flexibility index (Phi) is 5.32. The van der Waals surface area contributed by atoms with Crippen LogP contribution in [0, 0.1) is 0 Å². The number of nitrogens with one attached hydrogen (secondary N) is 2. The molecule has 0 fully saturated rings. The van der Waals surface area contributed by atoms with E-state index in [2.05, 4.69) is 20.6 Å². The van der Waals surface area contributed by atoms with Gasteiger partial charge in [0.1, 0.15) is 0 Å². The van der Waals surface area contributed by atoms with Gasteiger partial charge in [-0.25, -0.2) is 4.98 Å². The number of anilines is 3. The predicted octanol–water partition coefficient (Wildman–Crippen LogP) is 5.85. The molecule has 0 bridgehead atoms. The zero-order valence-electron chi connectivity index (χ0n) is 14.6. The fourth-order valence-electron chi connectivity index (χ4n) is 2.62. The third kappa shape index (κ3) is 4.36. The van der Waals surface area contributed by atoms with Gasteiger partial charge < -0.3 is 10.6 Å². The summed E-state index contributed by atoms with van der Waals surface area (Å²) in [7, 11) is 0. The van der Waals surface area contributed by atoms with Gasteiger partial charge in [0.15, 0.2) is 5.13 Å². The highest BCUT2D eigenvalue weighted by Crippen LogP contribution is 2.27. The van der Waals surface area contributed by atoms with Crippen LogP contribution in [0.4, 0.5) is 16.5 Å². The topological polar surface area (TPSA) is 66.9 Å². The highest BCUT2D eigenvalue weighted by atomic mass is 35.5. The van der Waals surface area contributed by atoms with Gasteiger partial charge in [-0.15, -0.1) is 11.3 Å². The second kappa shape index (κ2) is 8.21. The minimum absolute atomic E-state index is 0.214. The summed E-state index contributed by atoms with van der Waals surface area (Å²) in [4.78, 5) is 21.0. The maximum Gasteiger partial charge on any atom is 0.255 e. The molecule has 0 unspecified atom stereocenters. The van der Waals surface area contributed by atoms with E-state index in [0.29, 0.717) is 16.3 Å². The number of benzene rings is 2. The number of amides is 1. The average molecular weight is 407 g/mol. The monoisotopic (exact) mass is 406 g/mol. The van der Waals surface area contributed by atoms with Crippen molar-refractivity contribution >= 4 is 45.4 Å². The maximum absolute atomic E-state index is 12.4. The Morgan fingerprint density at radius 1 is 0.964 bits per heavy atom. The summed E-state index contributed by atoms with van der Waals surface area (Å²) in [5.74, 6) is -0.214. The molecule has 0 saturated carbocycles. The number of hydrogen-bond acceptors (Lipinski definition) is 5. The van der Waals surface area contributed by atoms with Crippen LogP contribution in [0.3, 0.4) is 0 Å². The second-order valence-electron chi connectivity index (χ2n) is 5.94. The van der Waals surface area contributed by atoms with Crippen LogP contribution in [0.25, 0.3) is 11.3 Å². The Morgan fingerprint density at radius 2 is 1.75 bits per heavy atom. The molecule has 2 heterocycles. The summed E-state index contributed by atoms with van der Waals surface area (Å²) in [6.07, 6.45) is 3.49. The number of nitrogens with zero attached hydrogens (tertiary/aromatic N) is 2. The van der Waals surface area contributed by atoms with Gasteiger partial charge in [0.05, 0.1) is 5.69 Å². The van der Waals surface area contributed by atoms with E-state index in [4.69, 9.17) is 11.6 Å². The normalized spacial score (nSPS) is 10.5. The zero-order chi connectivity index (χ0) is 19.3. The average Bonchev–Trinajstić information content (AvgIpc) is 3.17. The summed E-state index contributed by atoms with van der Waals surface area (Å²) in [6.45, 7) is 0. The number of hydrogen-bond donors (Lipinski definition) is 2. The van der Waals surface area contributed by atoms with Crippen molar-refractivity contribution in [1.82, 2.24) is 9.97 Å². The van der Waals surface area contributed by atoms with E-state index >= 15 is 0 Å². The van der Waals surface area contributed by atoms with E-state index < -0.39 is 0 Å². The predicted molar refractivity (Wildman–Crippen MR) is 114 cm³/mol. The van der Waals surface area contributed by atoms with Crippen LogP contribution in [0.5, 0.6) is 0 Å². The van der Waals surface area contributed by atoms with E-state index in [1.54, 1.807) is 36.7 Å². The van der Waals surface area contributed by atoms with Crippen LogP contribution < -0.4 is 10.6 Å². The number of thiazole rings is 1. The molecule has 4 aromatic rings. The molecular weight excluding hydrogens is 392 g/mol. The Bertz CT molecular complexity index is 1110. The molecule has 0 aliphatic rings. The quantitative estimate of drug-likeness (QED) is 0.436. The van der Waals surface area contributed by atoms with Gasteiger partial charge in [-0.2, -0.15) is 0 Å². The lowest BCUT2D eigenvalue weighted by molar-refractivity contribution is 0.102. The number of aromatic nitrogens is 2. The van der Waals surface area contributed by atoms with E-state index in [1.165, 1.54) is 11.3 Å². The van der Waals surface area contributed by atoms with Crippen LogP contribution in [0.15, 0.2) is 78.4 Å². The molecule has 138 valence electrons. The Balaban J connectivity index is 1.47. The molecule has 2 N–H and O–H groups in total. The highest BCUT2D eigenvalue weighted by molar-refractivity contribution is 7.14. The molecule has 1 amide bonds. The summed E-state index contributed by atoms with van der Waals surface area (Å²) in [5.41, 5.74) is 3.93. The largest absolute Gasteiger partial charge is 0.331 e. The lowest BCUT2D eigenvalue weighted by Gasteiger charge is -2.08. The smallest absolute Gasteiger partial charge is 0.255 e. The number of halogens is 1. The minimum Gasteiger partial charge on any atom is -0.331 e. The lowest BCUT2D eigenvalue weighted by Crippen LogP contribution is -2.11. The van der Waals surface area contributed by atoms with Crippen LogP contribution in [0.2, 0.25) is 5.02 Å². The van der Waals surface area contributed by atoms with Gasteiger partial charge in [0, 0.05) is 45.3 Å². The first-order valence-electron chi connectivity index (χ1n) is 8.47. The third-order valence-corrected chi connectivity index (χ3v) is 4.93. The summed E-state index contributed by atoms with van der Waals surface area (Å²) in [6, 6.07) is 18.2. The van der Waals surface area contributed by atoms with E-state index in [1.807, 2.05) is 41.8 Å². The van der Waals surface area contributed by atoms with Gasteiger partial charge >= 0.3 is 0 Å². The van der Waals surface area contributed by atoms with Gasteiger partial charge in [0.2, 0.25) is 0 Å². The molecule has 2 aromatic heterocycles. The molecular formula is C21H15ClN4OS. The SMILES string of the molecule is O=C(Nc1cccc(Nc2nc(-c3ccncc3)cs2)c1)c1cccc(Cl)c1. The van der Waals surface area contributed by atoms with Crippen molar-refractivity contribution in [2.75, 3.05) is 10.6 Å². The van der Waals surface area contributed by atoms with E-state index in [9.17, 15) is 4.79 Å². The minimum atomic E-state index is -0.214. The Labute approximate surface area is 171 Å².